The van der Waals surface area contributed by atoms with Gasteiger partial charge in [-0.15, -0.1) is 10.2 Å². The maximum absolute atomic E-state index is 14.2. The first-order valence-electron chi connectivity index (χ1n) is 13.8. The summed E-state index contributed by atoms with van der Waals surface area (Å²) in [6, 6.07) is 8.23. The number of rotatable bonds is 7. The minimum Gasteiger partial charge on any atom is -0.381 e. The number of halogens is 3. The lowest BCUT2D eigenvalue weighted by atomic mass is 9.61. The normalized spacial score (nSPS) is 22.8. The fourth-order valence-electron chi connectivity index (χ4n) is 6.44. The van der Waals surface area contributed by atoms with Gasteiger partial charge in [0.05, 0.1) is 22.6 Å². The molecule has 3 heterocycles. The molecule has 0 saturated heterocycles. The third-order valence-electron chi connectivity index (χ3n) is 9.00. The third kappa shape index (κ3) is 4.64. The minimum absolute atomic E-state index is 0.0559. The molecule has 0 spiro atoms. The highest BCUT2D eigenvalue weighted by Crippen LogP contribution is 2.49. The molecule has 11 heteroatoms. The SMILES string of the molecule is COC1CC(c2cccc(-c3cnc4c(C(F)(F)F)cc(C(C)NC5(C)CCC5)cn4c3=O)c2)(c2nncn2C)C1. The first-order valence-corrected chi connectivity index (χ1v) is 13.8. The zero-order chi connectivity index (χ0) is 29.2. The lowest BCUT2D eigenvalue weighted by molar-refractivity contribution is -0.136. The van der Waals surface area contributed by atoms with E-state index < -0.39 is 28.4 Å². The summed E-state index contributed by atoms with van der Waals surface area (Å²) in [5.74, 6) is 0.789. The van der Waals surface area contributed by atoms with Crippen molar-refractivity contribution in [2.45, 2.75) is 75.2 Å². The zero-order valence-electron chi connectivity index (χ0n) is 23.5. The third-order valence-corrected chi connectivity index (χ3v) is 9.00. The van der Waals surface area contributed by atoms with E-state index in [4.69, 9.17) is 4.74 Å². The molecule has 1 unspecified atom stereocenters. The Kier molecular flexibility index (Phi) is 6.57. The van der Waals surface area contributed by atoms with Crippen LogP contribution in [0.25, 0.3) is 16.8 Å². The van der Waals surface area contributed by atoms with E-state index in [2.05, 4.69) is 27.4 Å². The standard InChI is InChI=1S/C30H33F3N6O2/c1-18(36-28(2)9-6-10-28)20-12-24(30(31,32)33)25-34-15-23(26(40)39(25)16-20)19-7-5-8-21(11-19)29(13-22(14-29)41-4)27-37-35-17-38(27)3/h5,7-8,11-12,15-18,22,36H,6,9-10,13-14H2,1-4H3. The van der Waals surface area contributed by atoms with Crippen LogP contribution in [0.3, 0.4) is 0 Å². The number of fused-ring (bicyclic) bond motifs is 1. The molecular weight excluding hydrogens is 533 g/mol. The van der Waals surface area contributed by atoms with Gasteiger partial charge in [0.15, 0.2) is 5.65 Å². The molecule has 0 amide bonds. The van der Waals surface area contributed by atoms with Crippen molar-refractivity contribution in [2.75, 3.05) is 7.11 Å². The number of benzene rings is 1. The van der Waals surface area contributed by atoms with Gasteiger partial charge < -0.3 is 14.6 Å². The molecule has 2 fully saturated rings. The van der Waals surface area contributed by atoms with Crippen LogP contribution in [0, 0.1) is 0 Å². The highest BCUT2D eigenvalue weighted by Gasteiger charge is 2.50. The highest BCUT2D eigenvalue weighted by atomic mass is 19.4. The molecule has 2 saturated carbocycles. The van der Waals surface area contributed by atoms with Gasteiger partial charge in [0.25, 0.3) is 5.56 Å². The molecule has 0 radical (unpaired) electrons. The van der Waals surface area contributed by atoms with Gasteiger partial charge >= 0.3 is 6.18 Å². The van der Waals surface area contributed by atoms with Crippen LogP contribution in [-0.4, -0.2) is 42.9 Å². The Labute approximate surface area is 235 Å². The van der Waals surface area contributed by atoms with Crippen LogP contribution < -0.4 is 10.9 Å². The van der Waals surface area contributed by atoms with Gasteiger partial charge in [0, 0.05) is 38.1 Å². The molecule has 41 heavy (non-hydrogen) atoms. The van der Waals surface area contributed by atoms with Gasteiger partial charge in [-0.2, -0.15) is 13.2 Å². The highest BCUT2D eigenvalue weighted by molar-refractivity contribution is 5.66. The molecule has 4 aromatic rings. The lowest BCUT2D eigenvalue weighted by Gasteiger charge is -2.46. The van der Waals surface area contributed by atoms with E-state index in [1.54, 1.807) is 19.5 Å². The predicted molar refractivity (Wildman–Crippen MR) is 148 cm³/mol. The summed E-state index contributed by atoms with van der Waals surface area (Å²) < 4.78 is 51.1. The van der Waals surface area contributed by atoms with E-state index in [9.17, 15) is 18.0 Å². The van der Waals surface area contributed by atoms with E-state index in [0.717, 1.165) is 41.1 Å². The summed E-state index contributed by atoms with van der Waals surface area (Å²) in [6.07, 6.45) is 4.15. The maximum Gasteiger partial charge on any atom is 0.419 e. The molecule has 3 aromatic heterocycles. The number of aryl methyl sites for hydroxylation is 1. The van der Waals surface area contributed by atoms with Gasteiger partial charge in [-0.05, 0) is 74.8 Å². The van der Waals surface area contributed by atoms with E-state index in [1.807, 2.05) is 36.7 Å². The summed E-state index contributed by atoms with van der Waals surface area (Å²) in [4.78, 5) is 18.0. The summed E-state index contributed by atoms with van der Waals surface area (Å²) >= 11 is 0. The van der Waals surface area contributed by atoms with Crippen molar-refractivity contribution in [3.05, 3.63) is 81.9 Å². The van der Waals surface area contributed by atoms with Gasteiger partial charge in [-0.1, -0.05) is 18.2 Å². The minimum atomic E-state index is -4.67. The number of pyridine rings is 1. The molecule has 1 N–H and O–H groups in total. The van der Waals surface area contributed by atoms with E-state index >= 15 is 0 Å². The Morgan fingerprint density at radius 3 is 2.56 bits per heavy atom. The van der Waals surface area contributed by atoms with Crippen molar-refractivity contribution < 1.29 is 17.9 Å². The summed E-state index contributed by atoms with van der Waals surface area (Å²) in [6.45, 7) is 3.90. The van der Waals surface area contributed by atoms with Gasteiger partial charge in [0.1, 0.15) is 12.2 Å². The number of nitrogens with zero attached hydrogens (tertiary/aromatic N) is 5. The number of aromatic nitrogens is 5. The second kappa shape index (κ2) is 9.77. The van der Waals surface area contributed by atoms with Crippen LogP contribution in [-0.2, 0) is 23.4 Å². The van der Waals surface area contributed by atoms with Gasteiger partial charge in [-0.25, -0.2) is 4.98 Å². The van der Waals surface area contributed by atoms with Crippen molar-refractivity contribution in [1.29, 1.82) is 0 Å². The number of nitrogens with one attached hydrogen (secondary N) is 1. The Morgan fingerprint density at radius 1 is 1.20 bits per heavy atom. The number of alkyl halides is 3. The molecule has 2 aliphatic carbocycles. The number of ether oxygens (including phenoxy) is 1. The quantitative estimate of drug-likeness (QED) is 0.331. The summed E-state index contributed by atoms with van der Waals surface area (Å²) in [5, 5.41) is 11.9. The fraction of sp³-hybridized carbons (Fsp3) is 0.467. The second-order valence-electron chi connectivity index (χ2n) is 11.8. The Balaban J connectivity index is 1.46. The molecular formula is C30H33F3N6O2. The van der Waals surface area contributed by atoms with Crippen LogP contribution in [0.1, 0.15) is 74.5 Å². The van der Waals surface area contributed by atoms with Gasteiger partial charge in [0.2, 0.25) is 0 Å². The van der Waals surface area contributed by atoms with Crippen molar-refractivity contribution in [3.63, 3.8) is 0 Å². The fourth-order valence-corrected chi connectivity index (χ4v) is 6.44. The van der Waals surface area contributed by atoms with E-state index in [1.165, 1.54) is 12.4 Å². The molecule has 0 aliphatic heterocycles. The summed E-state index contributed by atoms with van der Waals surface area (Å²) in [5.41, 5.74) is -0.377. The predicted octanol–water partition coefficient (Wildman–Crippen LogP) is 5.20. The Morgan fingerprint density at radius 2 is 1.95 bits per heavy atom. The molecule has 0 bridgehead atoms. The monoisotopic (exact) mass is 566 g/mol. The first kappa shape index (κ1) is 27.6. The average molecular weight is 567 g/mol. The Bertz CT molecular complexity index is 1670. The van der Waals surface area contributed by atoms with Crippen LogP contribution in [0.4, 0.5) is 13.2 Å². The molecule has 1 aromatic carbocycles. The van der Waals surface area contributed by atoms with E-state index in [0.29, 0.717) is 24.0 Å². The number of hydrogen-bond donors (Lipinski definition) is 1. The summed E-state index contributed by atoms with van der Waals surface area (Å²) in [7, 11) is 3.56. The molecule has 216 valence electrons. The maximum atomic E-state index is 14.2. The molecule has 1 atom stereocenters. The van der Waals surface area contributed by atoms with Crippen molar-refractivity contribution >= 4 is 5.65 Å². The van der Waals surface area contributed by atoms with Gasteiger partial charge in [-0.3, -0.25) is 9.20 Å². The lowest BCUT2D eigenvalue weighted by Crippen LogP contribution is -2.49. The van der Waals surface area contributed by atoms with Crippen molar-refractivity contribution in [2.24, 2.45) is 7.05 Å². The smallest absolute Gasteiger partial charge is 0.381 e. The Hall–Kier alpha value is -3.57. The van der Waals surface area contributed by atoms with Crippen LogP contribution in [0.5, 0.6) is 0 Å². The van der Waals surface area contributed by atoms with Crippen LogP contribution in [0.2, 0.25) is 0 Å². The second-order valence-corrected chi connectivity index (χ2v) is 11.8. The van der Waals surface area contributed by atoms with Crippen molar-refractivity contribution in [3.8, 4) is 11.1 Å². The largest absolute Gasteiger partial charge is 0.419 e. The topological polar surface area (TPSA) is 86.3 Å². The average Bonchev–Trinajstić information content (AvgIpc) is 3.32. The van der Waals surface area contributed by atoms with Crippen LogP contribution >= 0.6 is 0 Å². The van der Waals surface area contributed by atoms with E-state index in [-0.39, 0.29) is 23.2 Å². The molecule has 8 nitrogen and oxygen atoms in total. The zero-order valence-corrected chi connectivity index (χ0v) is 23.5. The number of hydrogen-bond acceptors (Lipinski definition) is 6. The number of methoxy groups -OCH3 is 1. The van der Waals surface area contributed by atoms with Crippen molar-refractivity contribution in [1.82, 2.24) is 29.5 Å². The molecule has 6 rings (SSSR count). The first-order chi connectivity index (χ1) is 19.4. The van der Waals surface area contributed by atoms with Crippen LogP contribution in [0.15, 0.2) is 53.8 Å². The molecule has 2 aliphatic rings.